The minimum Gasteiger partial charge on any atom is -0.457 e. The van der Waals surface area contributed by atoms with E-state index < -0.39 is 0 Å². The Labute approximate surface area is 172 Å². The van der Waals surface area contributed by atoms with E-state index in [0.717, 1.165) is 24.3 Å². The van der Waals surface area contributed by atoms with E-state index in [4.69, 9.17) is 9.84 Å². The van der Waals surface area contributed by atoms with Crippen molar-refractivity contribution in [3.8, 4) is 11.5 Å². The van der Waals surface area contributed by atoms with Gasteiger partial charge in [0.25, 0.3) is 5.91 Å². The maximum Gasteiger partial charge on any atom is 0.252 e. The molecule has 29 heavy (non-hydrogen) atoms. The maximum absolute atomic E-state index is 11.1. The molecule has 0 radical (unpaired) electrons. The van der Waals surface area contributed by atoms with Gasteiger partial charge in [-0.2, -0.15) is 0 Å². The lowest BCUT2D eigenvalue weighted by Crippen LogP contribution is -2.26. The van der Waals surface area contributed by atoms with Crippen molar-refractivity contribution >= 4 is 5.91 Å². The number of rotatable bonds is 7. The molecule has 0 spiro atoms. The smallest absolute Gasteiger partial charge is 0.252 e. The van der Waals surface area contributed by atoms with Crippen molar-refractivity contribution in [2.24, 2.45) is 0 Å². The first-order valence-electron chi connectivity index (χ1n) is 9.81. The van der Waals surface area contributed by atoms with E-state index in [1.165, 1.54) is 17.3 Å². The Morgan fingerprint density at radius 1 is 0.931 bits per heavy atom. The molecule has 5 heteroatoms. The van der Waals surface area contributed by atoms with Gasteiger partial charge in [-0.1, -0.05) is 38.1 Å². The quantitative estimate of drug-likeness (QED) is 0.625. The highest BCUT2D eigenvalue weighted by Gasteiger charge is 2.02. The van der Waals surface area contributed by atoms with Crippen molar-refractivity contribution in [3.05, 3.63) is 89.7 Å². The van der Waals surface area contributed by atoms with Crippen LogP contribution in [0.3, 0.4) is 0 Å². The summed E-state index contributed by atoms with van der Waals surface area (Å²) < 4.78 is 5.78. The van der Waals surface area contributed by atoms with E-state index in [2.05, 4.69) is 48.4 Å². The summed E-state index contributed by atoms with van der Waals surface area (Å²) in [5.74, 6) is 1.58. The van der Waals surface area contributed by atoms with E-state index in [1.54, 1.807) is 18.3 Å². The average molecular weight is 392 g/mol. The Kier molecular flexibility index (Phi) is 9.39. The number of aliphatic hydroxyl groups is 1. The van der Waals surface area contributed by atoms with E-state index >= 15 is 0 Å². The summed E-state index contributed by atoms with van der Waals surface area (Å²) in [7, 11) is 0. The van der Waals surface area contributed by atoms with E-state index in [0.29, 0.717) is 5.56 Å². The summed E-state index contributed by atoms with van der Waals surface area (Å²) in [6.07, 6.45) is 5.20. The molecule has 0 saturated carbocycles. The van der Waals surface area contributed by atoms with E-state index in [-0.39, 0.29) is 19.1 Å². The molecule has 0 saturated heterocycles. The minimum atomic E-state index is -0.211. The summed E-state index contributed by atoms with van der Waals surface area (Å²) >= 11 is 0. The summed E-state index contributed by atoms with van der Waals surface area (Å²) in [5.41, 5.74) is 3.17. The van der Waals surface area contributed by atoms with Gasteiger partial charge in [0, 0.05) is 18.9 Å². The zero-order valence-electron chi connectivity index (χ0n) is 17.0. The number of ether oxygens (including phenoxy) is 1. The predicted octanol–water partition coefficient (Wildman–Crippen LogP) is 4.41. The Hall–Kier alpha value is -3.18. The van der Waals surface area contributed by atoms with E-state index in [9.17, 15) is 4.79 Å². The van der Waals surface area contributed by atoms with Crippen molar-refractivity contribution in [2.45, 2.75) is 26.7 Å². The summed E-state index contributed by atoms with van der Waals surface area (Å²) in [6.45, 7) is 4.53. The van der Waals surface area contributed by atoms with Crippen LogP contribution in [0.1, 0.15) is 35.3 Å². The molecule has 2 N–H and O–H groups in total. The summed E-state index contributed by atoms with van der Waals surface area (Å²) in [6, 6.07) is 19.9. The van der Waals surface area contributed by atoms with Crippen LogP contribution in [-0.2, 0) is 12.8 Å². The van der Waals surface area contributed by atoms with Gasteiger partial charge in [-0.05, 0) is 60.4 Å². The minimum absolute atomic E-state index is 0.0496. The van der Waals surface area contributed by atoms with Crippen LogP contribution in [0.4, 0.5) is 0 Å². The Bertz CT molecular complexity index is 802. The molecule has 3 aromatic rings. The molecule has 1 heterocycles. The molecule has 0 aliphatic heterocycles. The van der Waals surface area contributed by atoms with Gasteiger partial charge in [0.2, 0.25) is 0 Å². The molecule has 0 aliphatic carbocycles. The number of carbonyl (C=O) groups is 1. The van der Waals surface area contributed by atoms with E-state index in [1.807, 2.05) is 24.3 Å². The number of carbonyl (C=O) groups excluding carboxylic acids is 1. The number of aromatic nitrogens is 1. The molecule has 0 fully saturated rings. The Morgan fingerprint density at radius 3 is 1.90 bits per heavy atom. The molecule has 1 aromatic heterocycles. The van der Waals surface area contributed by atoms with Crippen molar-refractivity contribution in [2.75, 3.05) is 13.2 Å². The third-order valence-corrected chi connectivity index (χ3v) is 4.22. The Morgan fingerprint density at radius 2 is 1.48 bits per heavy atom. The molecule has 0 bridgehead atoms. The van der Waals surface area contributed by atoms with Gasteiger partial charge in [-0.3, -0.25) is 9.78 Å². The van der Waals surface area contributed by atoms with Gasteiger partial charge < -0.3 is 15.2 Å². The van der Waals surface area contributed by atoms with Crippen LogP contribution in [0.5, 0.6) is 11.5 Å². The SMILES string of the molecule is CCc1ccc(Oc2ccc(CC)cc2)cc1.O=C(NCCO)c1cccnc1. The number of hydrogen-bond donors (Lipinski definition) is 2. The van der Waals surface area contributed by atoms with Crippen LogP contribution < -0.4 is 10.1 Å². The third kappa shape index (κ3) is 7.76. The highest BCUT2D eigenvalue weighted by atomic mass is 16.5. The largest absolute Gasteiger partial charge is 0.457 e. The summed E-state index contributed by atoms with van der Waals surface area (Å²) in [5, 5.41) is 11.0. The molecule has 152 valence electrons. The Balaban J connectivity index is 0.000000221. The maximum atomic E-state index is 11.1. The molecule has 3 rings (SSSR count). The second-order valence-electron chi connectivity index (χ2n) is 6.32. The lowest BCUT2D eigenvalue weighted by molar-refractivity contribution is 0.0944. The fraction of sp³-hybridized carbons (Fsp3) is 0.250. The van der Waals surface area contributed by atoms with Crippen molar-refractivity contribution in [1.82, 2.24) is 10.3 Å². The zero-order chi connectivity index (χ0) is 20.9. The fourth-order valence-electron chi connectivity index (χ4n) is 2.49. The first-order valence-corrected chi connectivity index (χ1v) is 9.81. The molecular formula is C24H28N2O3. The zero-order valence-corrected chi connectivity index (χ0v) is 17.0. The molecule has 0 unspecified atom stereocenters. The first-order chi connectivity index (χ1) is 14.2. The van der Waals surface area contributed by atoms with Gasteiger partial charge >= 0.3 is 0 Å². The number of hydrogen-bond acceptors (Lipinski definition) is 4. The van der Waals surface area contributed by atoms with Crippen LogP contribution in [0.2, 0.25) is 0 Å². The number of aliphatic hydroxyl groups excluding tert-OH is 1. The normalized spacial score (nSPS) is 9.90. The monoisotopic (exact) mass is 392 g/mol. The van der Waals surface area contributed by atoms with Crippen LogP contribution in [0.15, 0.2) is 73.1 Å². The molecular weight excluding hydrogens is 364 g/mol. The van der Waals surface area contributed by atoms with Crippen molar-refractivity contribution in [1.29, 1.82) is 0 Å². The lowest BCUT2D eigenvalue weighted by Gasteiger charge is -2.06. The summed E-state index contributed by atoms with van der Waals surface area (Å²) in [4.78, 5) is 14.9. The number of aryl methyl sites for hydroxylation is 2. The highest BCUT2D eigenvalue weighted by molar-refractivity contribution is 5.93. The standard InChI is InChI=1S/C16H18O.C8H10N2O2/c1-3-13-5-9-15(10-6-13)17-16-11-7-14(4-2)8-12-16;11-5-4-10-8(12)7-2-1-3-9-6-7/h5-12H,3-4H2,1-2H3;1-3,6,11H,4-5H2,(H,10,12). The molecule has 1 amide bonds. The van der Waals surface area contributed by atoms with Crippen LogP contribution in [0, 0.1) is 0 Å². The van der Waals surface area contributed by atoms with Crippen LogP contribution in [0.25, 0.3) is 0 Å². The third-order valence-electron chi connectivity index (χ3n) is 4.22. The number of nitrogens with one attached hydrogen (secondary N) is 1. The van der Waals surface area contributed by atoms with Gasteiger partial charge in [0.05, 0.1) is 12.2 Å². The number of amides is 1. The number of pyridine rings is 1. The lowest BCUT2D eigenvalue weighted by atomic mass is 10.1. The van der Waals surface area contributed by atoms with Gasteiger partial charge in [0.1, 0.15) is 11.5 Å². The second-order valence-corrected chi connectivity index (χ2v) is 6.32. The second kappa shape index (κ2) is 12.3. The highest BCUT2D eigenvalue weighted by Crippen LogP contribution is 2.22. The fourth-order valence-corrected chi connectivity index (χ4v) is 2.49. The molecule has 5 nitrogen and oxygen atoms in total. The van der Waals surface area contributed by atoms with Crippen LogP contribution in [-0.4, -0.2) is 29.1 Å². The number of benzene rings is 2. The average Bonchev–Trinajstić information content (AvgIpc) is 2.79. The van der Waals surface area contributed by atoms with Gasteiger partial charge in [0.15, 0.2) is 0 Å². The van der Waals surface area contributed by atoms with Crippen molar-refractivity contribution in [3.63, 3.8) is 0 Å². The van der Waals surface area contributed by atoms with Gasteiger partial charge in [-0.15, -0.1) is 0 Å². The van der Waals surface area contributed by atoms with Gasteiger partial charge in [-0.25, -0.2) is 0 Å². The molecule has 0 atom stereocenters. The van der Waals surface area contributed by atoms with Crippen LogP contribution >= 0.6 is 0 Å². The van der Waals surface area contributed by atoms with Crippen molar-refractivity contribution < 1.29 is 14.6 Å². The predicted molar refractivity (Wildman–Crippen MR) is 115 cm³/mol. The molecule has 2 aromatic carbocycles. The molecule has 0 aliphatic rings. The first kappa shape index (κ1) is 22.1. The topological polar surface area (TPSA) is 71.5 Å². The number of nitrogens with zero attached hydrogens (tertiary/aromatic N) is 1.